The van der Waals surface area contributed by atoms with Gasteiger partial charge in [0.2, 0.25) is 17.8 Å². The molecule has 4 amide bonds. The molecule has 2 atom stereocenters. The normalized spacial score (nSPS) is 18.5. The van der Waals surface area contributed by atoms with Gasteiger partial charge in [-0.25, -0.2) is 19.3 Å². The Balaban J connectivity index is 0.00000268. The van der Waals surface area contributed by atoms with Crippen LogP contribution in [-0.4, -0.2) is 108 Å². The number of hydrogen-bond acceptors (Lipinski definition) is 13. The molecule has 2 unspecified atom stereocenters. The number of piperazine rings is 1. The van der Waals surface area contributed by atoms with Crippen molar-refractivity contribution in [1.29, 1.82) is 0 Å². The first-order chi connectivity index (χ1) is 30.7. The van der Waals surface area contributed by atoms with Crippen LogP contribution in [0.2, 0.25) is 0 Å². The van der Waals surface area contributed by atoms with E-state index in [9.17, 15) is 29.1 Å². The van der Waals surface area contributed by atoms with Crippen LogP contribution in [0.5, 0.6) is 5.75 Å². The van der Waals surface area contributed by atoms with Crippen molar-refractivity contribution in [2.45, 2.75) is 77.5 Å². The predicted octanol–water partition coefficient (Wildman–Crippen LogP) is 4.69. The number of ether oxygens (including phenoxy) is 1. The maximum atomic E-state index is 13.4. The van der Waals surface area contributed by atoms with Crippen LogP contribution >= 0.6 is 0 Å². The number of aromatic nitrogens is 5. The molecule has 5 aromatic rings. The minimum atomic E-state index is -1.02. The third-order valence-corrected chi connectivity index (χ3v) is 11.9. The van der Waals surface area contributed by atoms with Crippen LogP contribution in [0, 0.1) is 0 Å². The zero-order valence-electron chi connectivity index (χ0n) is 35.6. The first kappa shape index (κ1) is 42.9. The molecule has 0 spiro atoms. The number of nitrogens with one attached hydrogen (secondary N) is 2. The highest BCUT2D eigenvalue weighted by molar-refractivity contribution is 6.24. The second-order valence-electron chi connectivity index (χ2n) is 15.7. The molecule has 0 saturated carbocycles. The lowest BCUT2D eigenvalue weighted by atomic mass is 10.0. The maximum absolute atomic E-state index is 13.4. The Hall–Kier alpha value is -6.72. The highest BCUT2D eigenvalue weighted by Gasteiger charge is 2.46. The number of hydrogen-bond donors (Lipinski definition) is 3. The third kappa shape index (κ3) is 8.57. The minimum absolute atomic E-state index is 0.0658. The zero-order chi connectivity index (χ0) is 44.2. The van der Waals surface area contributed by atoms with Crippen LogP contribution in [0.15, 0.2) is 78.2 Å². The van der Waals surface area contributed by atoms with Gasteiger partial charge in [0.1, 0.15) is 17.2 Å². The number of aliphatic hydroxyl groups is 1. The van der Waals surface area contributed by atoms with Gasteiger partial charge >= 0.3 is 0 Å². The summed E-state index contributed by atoms with van der Waals surface area (Å²) in [4.78, 5) is 83.6. The van der Waals surface area contributed by atoms with Gasteiger partial charge in [0, 0.05) is 50.2 Å². The highest BCUT2D eigenvalue weighted by atomic mass is 16.5. The summed E-state index contributed by atoms with van der Waals surface area (Å²) in [7, 11) is 0. The number of pyridine rings is 1. The van der Waals surface area contributed by atoms with Crippen molar-refractivity contribution in [3.63, 3.8) is 0 Å². The van der Waals surface area contributed by atoms with Gasteiger partial charge in [-0.3, -0.25) is 39.1 Å². The summed E-state index contributed by atoms with van der Waals surface area (Å²) in [6.45, 7) is 13.1. The van der Waals surface area contributed by atoms with Crippen molar-refractivity contribution in [3.8, 4) is 11.6 Å². The molecule has 0 bridgehead atoms. The number of aryl methyl sites for hydroxylation is 1. The molecule has 1 aliphatic carbocycles. The number of anilines is 3. The fourth-order valence-corrected chi connectivity index (χ4v) is 8.66. The van der Waals surface area contributed by atoms with E-state index in [-0.39, 0.29) is 36.1 Å². The fraction of sp³-hybridized carbons (Fsp3) is 0.391. The van der Waals surface area contributed by atoms with Crippen LogP contribution in [0.1, 0.15) is 90.4 Å². The quantitative estimate of drug-likeness (QED) is 0.0792. The van der Waals surface area contributed by atoms with E-state index in [4.69, 9.17) is 14.7 Å². The van der Waals surface area contributed by atoms with E-state index in [0.29, 0.717) is 47.3 Å². The SMILES string of the molecule is C=CCn1c(=O)c2cnc(Nc3ccc(N4CCN(CCCCCOc5cccc6c5C(=O)N(C5CCC(=O)NC5=O)C6=O)CC4)cc3)nc2n1-c1ccc2c(n1)C(O)CC2.CC. The molecule has 2 fully saturated rings. The second kappa shape index (κ2) is 18.7. The zero-order valence-corrected chi connectivity index (χ0v) is 35.6. The van der Waals surface area contributed by atoms with Crippen LogP contribution < -0.4 is 25.8 Å². The lowest BCUT2D eigenvalue weighted by molar-refractivity contribution is -0.136. The second-order valence-corrected chi connectivity index (χ2v) is 15.7. The van der Waals surface area contributed by atoms with Gasteiger partial charge in [-0.05, 0) is 93.1 Å². The predicted molar refractivity (Wildman–Crippen MR) is 237 cm³/mol. The molecule has 4 aliphatic rings. The average Bonchev–Trinajstić information content (AvgIpc) is 3.90. The Bertz CT molecular complexity index is 2610. The van der Waals surface area contributed by atoms with E-state index in [0.717, 1.165) is 80.2 Å². The van der Waals surface area contributed by atoms with Crippen molar-refractivity contribution in [3.05, 3.63) is 106 Å². The molecule has 17 heteroatoms. The number of imide groups is 2. The van der Waals surface area contributed by atoms with Gasteiger partial charge in [-0.1, -0.05) is 32.1 Å². The lowest BCUT2D eigenvalue weighted by Crippen LogP contribution is -2.54. The molecular formula is C46H52N10O7. The largest absolute Gasteiger partial charge is 0.493 e. The molecule has 17 nitrogen and oxygen atoms in total. The molecule has 3 aliphatic heterocycles. The summed E-state index contributed by atoms with van der Waals surface area (Å²) in [6.07, 6.45) is 6.79. The van der Waals surface area contributed by atoms with Crippen molar-refractivity contribution >= 4 is 52.0 Å². The summed E-state index contributed by atoms with van der Waals surface area (Å²) >= 11 is 0. The first-order valence-corrected chi connectivity index (χ1v) is 21.8. The number of aliphatic hydroxyl groups excluding tert-OH is 1. The van der Waals surface area contributed by atoms with E-state index < -0.39 is 35.8 Å². The summed E-state index contributed by atoms with van der Waals surface area (Å²) in [5, 5.41) is 16.3. The van der Waals surface area contributed by atoms with Crippen molar-refractivity contribution in [2.24, 2.45) is 0 Å². The van der Waals surface area contributed by atoms with E-state index in [1.165, 1.54) is 10.9 Å². The Morgan fingerprint density at radius 2 is 1.70 bits per heavy atom. The number of piperidine rings is 1. The molecule has 6 heterocycles. The molecule has 3 N–H and O–H groups in total. The molecule has 63 heavy (non-hydrogen) atoms. The summed E-state index contributed by atoms with van der Waals surface area (Å²) in [5.74, 6) is -1.02. The van der Waals surface area contributed by atoms with Crippen molar-refractivity contribution in [1.82, 2.24) is 39.4 Å². The number of benzene rings is 2. The van der Waals surface area contributed by atoms with Gasteiger partial charge < -0.3 is 20.1 Å². The Labute approximate surface area is 364 Å². The molecule has 328 valence electrons. The molecule has 0 radical (unpaired) electrons. The van der Waals surface area contributed by atoms with Crippen LogP contribution in [0.4, 0.5) is 17.3 Å². The molecule has 2 aromatic carbocycles. The Morgan fingerprint density at radius 1 is 0.905 bits per heavy atom. The number of carbonyl (C=O) groups excluding carboxylic acids is 4. The standard InChI is InChI=1S/C44H46N10O7.C2H6/c1-2-19-52-41(58)31-26-45-44(49-39(31)54(52)35-17-10-27-9-16-33(55)38(27)47-35)46-28-11-13-29(14-12-28)51-23-21-50(22-24-51)20-4-3-5-25-61-34-8-6-7-30-37(34)43(60)53(42(30)59)32-15-18-36(56)48-40(32)57;1-2/h2,6-8,10-14,17,26,32-33,55H,1,3-5,9,15-16,18-25H2,(H,45,46,49)(H,48,56,57);1-2H3. The fourth-order valence-electron chi connectivity index (χ4n) is 8.66. The van der Waals surface area contributed by atoms with Gasteiger partial charge in [-0.2, -0.15) is 4.98 Å². The van der Waals surface area contributed by atoms with E-state index >= 15 is 0 Å². The van der Waals surface area contributed by atoms with Gasteiger partial charge in [0.15, 0.2) is 11.5 Å². The maximum Gasteiger partial charge on any atom is 0.278 e. The Morgan fingerprint density at radius 3 is 2.46 bits per heavy atom. The van der Waals surface area contributed by atoms with Gasteiger partial charge in [0.25, 0.3) is 17.4 Å². The van der Waals surface area contributed by atoms with Crippen LogP contribution in [0.3, 0.4) is 0 Å². The van der Waals surface area contributed by atoms with E-state index in [1.54, 1.807) is 29.0 Å². The smallest absolute Gasteiger partial charge is 0.278 e. The lowest BCUT2D eigenvalue weighted by Gasteiger charge is -2.36. The topological polar surface area (TPSA) is 197 Å². The number of fused-ring (bicyclic) bond motifs is 3. The minimum Gasteiger partial charge on any atom is -0.493 e. The summed E-state index contributed by atoms with van der Waals surface area (Å²) in [5.41, 5.74) is 4.07. The molecule has 3 aromatic heterocycles. The molecule has 2 saturated heterocycles. The van der Waals surface area contributed by atoms with E-state index in [1.807, 2.05) is 38.1 Å². The Kier molecular flexibility index (Phi) is 12.8. The number of carbonyl (C=O) groups is 4. The number of rotatable bonds is 14. The molecular weight excluding hydrogens is 805 g/mol. The average molecular weight is 857 g/mol. The molecule has 9 rings (SSSR count). The van der Waals surface area contributed by atoms with Crippen LogP contribution in [0.25, 0.3) is 16.9 Å². The van der Waals surface area contributed by atoms with E-state index in [2.05, 4.69) is 44.1 Å². The number of nitrogens with zero attached hydrogens (tertiary/aromatic N) is 8. The summed E-state index contributed by atoms with van der Waals surface area (Å²) in [6, 6.07) is 15.8. The third-order valence-electron chi connectivity index (χ3n) is 11.9. The van der Waals surface area contributed by atoms with Crippen LogP contribution in [-0.2, 0) is 22.6 Å². The summed E-state index contributed by atoms with van der Waals surface area (Å²) < 4.78 is 9.19. The highest BCUT2D eigenvalue weighted by Crippen LogP contribution is 2.34. The monoisotopic (exact) mass is 856 g/mol. The van der Waals surface area contributed by atoms with Gasteiger partial charge in [0.05, 0.1) is 36.1 Å². The number of unbranched alkanes of at least 4 members (excludes halogenated alkanes) is 2. The van der Waals surface area contributed by atoms with Gasteiger partial charge in [-0.15, -0.1) is 6.58 Å². The number of allylic oxidation sites excluding steroid dienone is 1. The van der Waals surface area contributed by atoms with Crippen molar-refractivity contribution < 1.29 is 29.0 Å². The first-order valence-electron chi connectivity index (χ1n) is 21.8. The number of amides is 4. The van der Waals surface area contributed by atoms with Crippen molar-refractivity contribution in [2.75, 3.05) is 49.5 Å².